The molecule has 1 heterocycles. The molecule has 0 saturated heterocycles. The minimum Gasteiger partial charge on any atom is -0.482 e. The maximum Gasteiger partial charge on any atom is 0.314 e. The highest BCUT2D eigenvalue weighted by atomic mass is 32.1. The topological polar surface area (TPSA) is 93.8 Å². The summed E-state index contributed by atoms with van der Waals surface area (Å²) in [6.45, 7) is 0.249. The summed E-state index contributed by atoms with van der Waals surface area (Å²) in [6, 6.07) is 1.02. The lowest BCUT2D eigenvalue weighted by molar-refractivity contribution is 0.0183. The van der Waals surface area contributed by atoms with Crippen molar-refractivity contribution in [1.29, 1.82) is 0 Å². The number of primary amides is 1. The minimum absolute atomic E-state index is 0.0405. The molecule has 0 radical (unpaired) electrons. The van der Waals surface area contributed by atoms with Crippen molar-refractivity contribution in [2.24, 2.45) is 5.73 Å². The van der Waals surface area contributed by atoms with Gasteiger partial charge < -0.3 is 25.6 Å². The van der Waals surface area contributed by atoms with Crippen molar-refractivity contribution >= 4 is 30.0 Å². The van der Waals surface area contributed by atoms with Crippen molar-refractivity contribution in [3.63, 3.8) is 0 Å². The van der Waals surface area contributed by atoms with Crippen molar-refractivity contribution in [3.05, 3.63) is 16.3 Å². The molecule has 2 amide bonds. The molecule has 4 N–H and O–H groups in total. The van der Waals surface area contributed by atoms with E-state index in [0.717, 1.165) is 4.88 Å². The normalized spacial score (nSPS) is 12.1. The largest absolute Gasteiger partial charge is 0.482 e. The summed E-state index contributed by atoms with van der Waals surface area (Å²) in [7, 11) is 0. The zero-order valence-electron chi connectivity index (χ0n) is 8.96. The molecule has 1 atom stereocenters. The number of nitrogens with two attached hydrogens (primary N) is 1. The summed E-state index contributed by atoms with van der Waals surface area (Å²) in [6.07, 6.45) is -1.11. The van der Waals surface area contributed by atoms with Gasteiger partial charge in [-0.05, 0) is 11.4 Å². The van der Waals surface area contributed by atoms with Crippen molar-refractivity contribution < 1.29 is 19.4 Å². The number of hydrogen-bond acceptors (Lipinski definition) is 6. The van der Waals surface area contributed by atoms with Gasteiger partial charge in [-0.1, -0.05) is 0 Å². The number of rotatable bonds is 7. The summed E-state index contributed by atoms with van der Waals surface area (Å²) in [5.74, 6) is 0.998. The lowest BCUT2D eigenvalue weighted by Crippen LogP contribution is -2.41. The molecule has 1 unspecified atom stereocenters. The van der Waals surface area contributed by atoms with E-state index in [0.29, 0.717) is 5.75 Å². The van der Waals surface area contributed by atoms with E-state index in [2.05, 4.69) is 17.9 Å². The smallest absolute Gasteiger partial charge is 0.314 e. The molecule has 0 spiro atoms. The number of aliphatic hydroxyl groups is 1. The van der Waals surface area contributed by atoms with Crippen LogP contribution in [0.2, 0.25) is 0 Å². The second-order valence-corrected chi connectivity index (χ2v) is 4.28. The highest BCUT2D eigenvalue weighted by Crippen LogP contribution is 2.25. The molecule has 0 aliphatic rings. The van der Waals surface area contributed by atoms with Gasteiger partial charge >= 0.3 is 6.03 Å². The molecule has 96 valence electrons. The molecule has 0 bridgehead atoms. The number of carbonyl (C=O) groups is 1. The SMILES string of the molecule is NC(=O)NC(O)COCc1sccc1OCS. The molecule has 0 fully saturated rings. The number of carbonyl (C=O) groups excluding carboxylic acids is 1. The molecule has 1 aromatic rings. The van der Waals surface area contributed by atoms with E-state index in [4.69, 9.17) is 15.2 Å². The summed E-state index contributed by atoms with van der Waals surface area (Å²) in [4.78, 5) is 11.3. The van der Waals surface area contributed by atoms with Crippen LogP contribution in [0.25, 0.3) is 0 Å². The first kappa shape index (κ1) is 14.1. The molecule has 0 saturated carbocycles. The average molecular weight is 278 g/mol. The number of thiol groups is 1. The maximum atomic E-state index is 10.4. The Balaban J connectivity index is 2.30. The van der Waals surface area contributed by atoms with Crippen molar-refractivity contribution in [2.75, 3.05) is 12.5 Å². The first-order valence-electron chi connectivity index (χ1n) is 4.75. The van der Waals surface area contributed by atoms with E-state index in [1.54, 1.807) is 0 Å². The van der Waals surface area contributed by atoms with Crippen LogP contribution in [-0.4, -0.2) is 29.9 Å². The summed E-state index contributed by atoms with van der Waals surface area (Å²) in [5.41, 5.74) is 4.83. The van der Waals surface area contributed by atoms with Crippen LogP contribution in [0.15, 0.2) is 11.4 Å². The van der Waals surface area contributed by atoms with Gasteiger partial charge in [-0.15, -0.1) is 24.0 Å². The molecular weight excluding hydrogens is 264 g/mol. The van der Waals surface area contributed by atoms with Crippen molar-refractivity contribution in [2.45, 2.75) is 12.8 Å². The van der Waals surface area contributed by atoms with E-state index in [9.17, 15) is 9.90 Å². The first-order chi connectivity index (χ1) is 8.13. The van der Waals surface area contributed by atoms with Gasteiger partial charge in [0.1, 0.15) is 11.7 Å². The Hall–Kier alpha value is -0.960. The highest BCUT2D eigenvalue weighted by molar-refractivity contribution is 7.80. The quantitative estimate of drug-likeness (QED) is 0.432. The predicted octanol–water partition coefficient (Wildman–Crippen LogP) is 0.518. The van der Waals surface area contributed by atoms with E-state index in [1.165, 1.54) is 11.3 Å². The fourth-order valence-corrected chi connectivity index (χ4v) is 1.99. The number of hydrogen-bond donors (Lipinski definition) is 4. The van der Waals surface area contributed by atoms with Gasteiger partial charge in [0.15, 0.2) is 6.23 Å². The van der Waals surface area contributed by atoms with E-state index < -0.39 is 12.3 Å². The third kappa shape index (κ3) is 5.26. The molecule has 0 aliphatic heterocycles. The number of ether oxygens (including phenoxy) is 2. The third-order valence-corrected chi connectivity index (χ3v) is 2.75. The molecule has 17 heavy (non-hydrogen) atoms. The number of nitrogens with one attached hydrogen (secondary N) is 1. The second-order valence-electron chi connectivity index (χ2n) is 3.02. The molecule has 6 nitrogen and oxygen atoms in total. The van der Waals surface area contributed by atoms with Crippen LogP contribution in [-0.2, 0) is 11.3 Å². The van der Waals surface area contributed by atoms with Gasteiger partial charge in [0, 0.05) is 0 Å². The zero-order valence-corrected chi connectivity index (χ0v) is 10.7. The Morgan fingerprint density at radius 1 is 1.71 bits per heavy atom. The highest BCUT2D eigenvalue weighted by Gasteiger charge is 2.08. The fraction of sp³-hybridized carbons (Fsp3) is 0.444. The molecule has 0 aliphatic carbocycles. The van der Waals surface area contributed by atoms with Gasteiger partial charge in [-0.3, -0.25) is 0 Å². The minimum atomic E-state index is -1.11. The molecule has 0 aromatic carbocycles. The standard InChI is InChI=1S/C9H14N2O4S2/c10-9(13)11-8(12)4-14-3-7-6(15-5-16)1-2-17-7/h1-2,8,12,16H,3-5H2,(H3,10,11,13). The lowest BCUT2D eigenvalue weighted by Gasteiger charge is -2.11. The summed E-state index contributed by atoms with van der Waals surface area (Å²) in [5, 5.41) is 13.2. The van der Waals surface area contributed by atoms with Gasteiger partial charge in [0.2, 0.25) is 0 Å². The van der Waals surface area contributed by atoms with E-state index in [1.807, 2.05) is 11.4 Å². The average Bonchev–Trinajstić information content (AvgIpc) is 2.65. The molecule has 1 aromatic heterocycles. The number of urea groups is 1. The summed E-state index contributed by atoms with van der Waals surface area (Å²) < 4.78 is 10.5. The number of thiophene rings is 1. The van der Waals surface area contributed by atoms with Crippen LogP contribution < -0.4 is 15.8 Å². The van der Waals surface area contributed by atoms with Crippen LogP contribution in [0.3, 0.4) is 0 Å². The number of aliphatic hydroxyl groups excluding tert-OH is 1. The Morgan fingerprint density at radius 2 is 2.47 bits per heavy atom. The maximum absolute atomic E-state index is 10.4. The van der Waals surface area contributed by atoms with Crippen molar-refractivity contribution in [1.82, 2.24) is 5.32 Å². The van der Waals surface area contributed by atoms with Gasteiger partial charge in [-0.2, -0.15) is 0 Å². The molecule has 8 heteroatoms. The van der Waals surface area contributed by atoms with Gasteiger partial charge in [-0.25, -0.2) is 4.79 Å². The Bertz CT molecular complexity index is 359. The monoisotopic (exact) mass is 278 g/mol. The summed E-state index contributed by atoms with van der Waals surface area (Å²) >= 11 is 5.43. The third-order valence-electron chi connectivity index (χ3n) is 1.74. The Labute approximate surface area is 108 Å². The van der Waals surface area contributed by atoms with Crippen molar-refractivity contribution in [3.8, 4) is 5.75 Å². The second kappa shape index (κ2) is 7.38. The lowest BCUT2D eigenvalue weighted by atomic mass is 10.4. The zero-order chi connectivity index (χ0) is 12.7. The Kier molecular flexibility index (Phi) is 6.12. The van der Waals surface area contributed by atoms with Crippen LogP contribution in [0.1, 0.15) is 4.88 Å². The van der Waals surface area contributed by atoms with Gasteiger partial charge in [0.25, 0.3) is 0 Å². The van der Waals surface area contributed by atoms with Crippen LogP contribution in [0.5, 0.6) is 5.75 Å². The van der Waals surface area contributed by atoms with Crippen LogP contribution in [0, 0.1) is 0 Å². The van der Waals surface area contributed by atoms with Crippen LogP contribution >= 0.6 is 24.0 Å². The molecule has 1 rings (SSSR count). The van der Waals surface area contributed by atoms with E-state index >= 15 is 0 Å². The van der Waals surface area contributed by atoms with Crippen LogP contribution in [0.4, 0.5) is 4.79 Å². The van der Waals surface area contributed by atoms with Gasteiger partial charge in [0.05, 0.1) is 18.1 Å². The fourth-order valence-electron chi connectivity index (χ4n) is 1.10. The number of amides is 2. The molecular formula is C9H14N2O4S2. The first-order valence-corrected chi connectivity index (χ1v) is 6.26. The van der Waals surface area contributed by atoms with E-state index in [-0.39, 0.29) is 19.2 Å². The predicted molar refractivity (Wildman–Crippen MR) is 67.2 cm³/mol. The Morgan fingerprint density at radius 3 is 3.12 bits per heavy atom.